The second-order valence-electron chi connectivity index (χ2n) is 4.59. The monoisotopic (exact) mass is 259 g/mol. The van der Waals surface area contributed by atoms with Gasteiger partial charge in [-0.05, 0) is 6.42 Å². The summed E-state index contributed by atoms with van der Waals surface area (Å²) in [6.45, 7) is 6.79. The average Bonchev–Trinajstić information content (AvgIpc) is 2.42. The molecule has 1 saturated heterocycles. The Morgan fingerprint density at radius 1 is 1.17 bits per heavy atom. The minimum Gasteiger partial charge on any atom is -0.468 e. The first-order valence-electron chi connectivity index (χ1n) is 6.44. The van der Waals surface area contributed by atoms with Crippen molar-refractivity contribution in [1.29, 1.82) is 0 Å². The molecular formula is C12H25N3O3. The lowest BCUT2D eigenvalue weighted by Gasteiger charge is -2.34. The van der Waals surface area contributed by atoms with Crippen molar-refractivity contribution in [3.63, 3.8) is 0 Å². The predicted molar refractivity (Wildman–Crippen MR) is 69.4 cm³/mol. The molecule has 18 heavy (non-hydrogen) atoms. The van der Waals surface area contributed by atoms with E-state index in [1.54, 1.807) is 7.11 Å². The first kappa shape index (κ1) is 15.4. The van der Waals surface area contributed by atoms with E-state index in [0.29, 0.717) is 6.42 Å². The fourth-order valence-corrected chi connectivity index (χ4v) is 2.05. The molecule has 106 valence electrons. The van der Waals surface area contributed by atoms with Gasteiger partial charge in [-0.2, -0.15) is 0 Å². The highest BCUT2D eigenvalue weighted by Gasteiger charge is 2.19. The quantitative estimate of drug-likeness (QED) is 0.600. The van der Waals surface area contributed by atoms with Crippen LogP contribution in [0.25, 0.3) is 0 Å². The molecule has 1 rings (SSSR count). The normalized spacial score (nSPS) is 19.7. The Balaban J connectivity index is 2.13. The molecule has 0 aromatic carbocycles. The average molecular weight is 259 g/mol. The minimum atomic E-state index is -0.499. The Labute approximate surface area is 109 Å². The lowest BCUT2D eigenvalue weighted by Crippen LogP contribution is -2.48. The molecule has 0 aliphatic carbocycles. The zero-order chi connectivity index (χ0) is 13.4. The van der Waals surface area contributed by atoms with Crippen LogP contribution in [0.1, 0.15) is 6.42 Å². The summed E-state index contributed by atoms with van der Waals surface area (Å²) in [4.78, 5) is 15.9. The molecule has 1 atom stereocenters. The first-order chi connectivity index (χ1) is 8.67. The van der Waals surface area contributed by atoms with Gasteiger partial charge in [0.15, 0.2) is 0 Å². The summed E-state index contributed by atoms with van der Waals surface area (Å²) < 4.78 is 9.67. The minimum absolute atomic E-state index is 0.325. The van der Waals surface area contributed by atoms with Gasteiger partial charge in [-0.1, -0.05) is 0 Å². The number of nitrogens with two attached hydrogens (primary N) is 1. The van der Waals surface area contributed by atoms with E-state index in [4.69, 9.17) is 10.5 Å². The Bertz CT molecular complexity index is 243. The van der Waals surface area contributed by atoms with Gasteiger partial charge >= 0.3 is 5.97 Å². The Morgan fingerprint density at radius 2 is 1.72 bits per heavy atom. The maximum atomic E-state index is 11.2. The van der Waals surface area contributed by atoms with Crippen LogP contribution in [0.5, 0.6) is 0 Å². The van der Waals surface area contributed by atoms with E-state index in [9.17, 15) is 4.79 Å². The number of esters is 1. The molecule has 0 aromatic heterocycles. The topological polar surface area (TPSA) is 68.0 Å². The summed E-state index contributed by atoms with van der Waals surface area (Å²) in [5.41, 5.74) is 5.71. The van der Waals surface area contributed by atoms with E-state index >= 15 is 0 Å². The zero-order valence-corrected chi connectivity index (χ0v) is 11.4. The number of methoxy groups -OCH3 is 2. The number of ether oxygens (including phenoxy) is 2. The highest BCUT2D eigenvalue weighted by molar-refractivity contribution is 5.75. The highest BCUT2D eigenvalue weighted by atomic mass is 16.5. The molecule has 0 saturated carbocycles. The van der Waals surface area contributed by atoms with Crippen molar-refractivity contribution < 1.29 is 14.3 Å². The van der Waals surface area contributed by atoms with Gasteiger partial charge in [0.1, 0.15) is 6.04 Å². The second-order valence-corrected chi connectivity index (χ2v) is 4.59. The zero-order valence-electron chi connectivity index (χ0n) is 11.4. The number of piperazine rings is 1. The van der Waals surface area contributed by atoms with Crippen molar-refractivity contribution in [3.8, 4) is 0 Å². The second kappa shape index (κ2) is 8.42. The van der Waals surface area contributed by atoms with E-state index in [2.05, 4.69) is 14.5 Å². The third-order valence-electron chi connectivity index (χ3n) is 3.34. The lowest BCUT2D eigenvalue weighted by atomic mass is 10.2. The van der Waals surface area contributed by atoms with Crippen LogP contribution in [0.3, 0.4) is 0 Å². The molecule has 0 amide bonds. The smallest absolute Gasteiger partial charge is 0.322 e. The van der Waals surface area contributed by atoms with Gasteiger partial charge in [0.25, 0.3) is 0 Å². The Kier molecular flexibility index (Phi) is 7.19. The number of hydrogen-bond donors (Lipinski definition) is 1. The molecular weight excluding hydrogens is 234 g/mol. The number of rotatable bonds is 7. The van der Waals surface area contributed by atoms with Crippen LogP contribution < -0.4 is 5.73 Å². The van der Waals surface area contributed by atoms with E-state index < -0.39 is 6.04 Å². The van der Waals surface area contributed by atoms with E-state index in [1.165, 1.54) is 7.11 Å². The molecule has 0 aromatic rings. The SMILES string of the molecule is COCCN1CCN(CCC(N)C(=O)OC)CC1. The van der Waals surface area contributed by atoms with Gasteiger partial charge in [-0.25, -0.2) is 0 Å². The molecule has 1 unspecified atom stereocenters. The van der Waals surface area contributed by atoms with Crippen molar-refractivity contribution >= 4 is 5.97 Å². The van der Waals surface area contributed by atoms with Crippen molar-refractivity contribution in [3.05, 3.63) is 0 Å². The molecule has 1 fully saturated rings. The number of nitrogens with zero attached hydrogens (tertiary/aromatic N) is 2. The summed E-state index contributed by atoms with van der Waals surface area (Å²) in [5.74, 6) is -0.325. The van der Waals surface area contributed by atoms with Crippen molar-refractivity contribution in [1.82, 2.24) is 9.80 Å². The fraction of sp³-hybridized carbons (Fsp3) is 0.917. The Morgan fingerprint density at radius 3 is 2.22 bits per heavy atom. The molecule has 0 radical (unpaired) electrons. The maximum Gasteiger partial charge on any atom is 0.322 e. The van der Waals surface area contributed by atoms with Gasteiger partial charge in [0, 0.05) is 46.4 Å². The predicted octanol–water partition coefficient (Wildman–Crippen LogP) is -0.859. The van der Waals surface area contributed by atoms with Crippen LogP contribution in [0.4, 0.5) is 0 Å². The van der Waals surface area contributed by atoms with Crippen molar-refractivity contribution in [2.45, 2.75) is 12.5 Å². The lowest BCUT2D eigenvalue weighted by molar-refractivity contribution is -0.142. The summed E-state index contributed by atoms with van der Waals surface area (Å²) in [6.07, 6.45) is 0.657. The summed E-state index contributed by atoms with van der Waals surface area (Å²) in [6, 6.07) is -0.499. The number of hydrogen-bond acceptors (Lipinski definition) is 6. The van der Waals surface area contributed by atoms with Crippen LogP contribution in [-0.2, 0) is 14.3 Å². The first-order valence-corrected chi connectivity index (χ1v) is 6.44. The van der Waals surface area contributed by atoms with Crippen LogP contribution in [0.2, 0.25) is 0 Å². The number of carbonyl (C=O) groups is 1. The van der Waals surface area contributed by atoms with Crippen LogP contribution in [-0.4, -0.2) is 81.9 Å². The third kappa shape index (κ3) is 5.30. The van der Waals surface area contributed by atoms with Crippen LogP contribution in [0.15, 0.2) is 0 Å². The standard InChI is InChI=1S/C12H25N3O3/c1-17-10-9-15-7-5-14(6-8-15)4-3-11(13)12(16)18-2/h11H,3-10,13H2,1-2H3. The molecule has 2 N–H and O–H groups in total. The highest BCUT2D eigenvalue weighted by Crippen LogP contribution is 2.03. The van der Waals surface area contributed by atoms with Crippen LogP contribution >= 0.6 is 0 Å². The largest absolute Gasteiger partial charge is 0.468 e. The molecule has 6 nitrogen and oxygen atoms in total. The maximum absolute atomic E-state index is 11.2. The Hall–Kier alpha value is -0.690. The van der Waals surface area contributed by atoms with E-state index in [0.717, 1.165) is 45.9 Å². The van der Waals surface area contributed by atoms with Gasteiger partial charge in [0.2, 0.25) is 0 Å². The molecule has 0 bridgehead atoms. The summed E-state index contributed by atoms with van der Waals surface area (Å²) >= 11 is 0. The van der Waals surface area contributed by atoms with Crippen molar-refractivity contribution in [2.75, 3.05) is 60.1 Å². The van der Waals surface area contributed by atoms with E-state index in [-0.39, 0.29) is 5.97 Å². The van der Waals surface area contributed by atoms with Gasteiger partial charge < -0.3 is 20.1 Å². The van der Waals surface area contributed by atoms with Gasteiger partial charge in [0.05, 0.1) is 13.7 Å². The number of carbonyl (C=O) groups excluding carboxylic acids is 1. The van der Waals surface area contributed by atoms with Crippen molar-refractivity contribution in [2.24, 2.45) is 5.73 Å². The molecule has 1 heterocycles. The summed E-state index contributed by atoms with van der Waals surface area (Å²) in [7, 11) is 3.10. The summed E-state index contributed by atoms with van der Waals surface area (Å²) in [5, 5.41) is 0. The molecule has 6 heteroatoms. The fourth-order valence-electron chi connectivity index (χ4n) is 2.05. The van der Waals surface area contributed by atoms with E-state index in [1.807, 2.05) is 0 Å². The van der Waals surface area contributed by atoms with Crippen LogP contribution in [0, 0.1) is 0 Å². The van der Waals surface area contributed by atoms with Gasteiger partial charge in [-0.15, -0.1) is 0 Å². The molecule has 0 spiro atoms. The van der Waals surface area contributed by atoms with Gasteiger partial charge in [-0.3, -0.25) is 9.69 Å². The molecule has 1 aliphatic heterocycles. The molecule has 1 aliphatic rings. The third-order valence-corrected chi connectivity index (χ3v) is 3.34.